The minimum Gasteiger partial charge on any atom is -0.491 e. The zero-order valence-corrected chi connectivity index (χ0v) is 28.0. The summed E-state index contributed by atoms with van der Waals surface area (Å²) in [6.07, 6.45) is 20.3. The van der Waals surface area contributed by atoms with E-state index in [4.69, 9.17) is 33.2 Å². The minimum atomic E-state index is -0.123. The Morgan fingerprint density at radius 1 is 0.455 bits per heavy atom. The first-order valence-electron chi connectivity index (χ1n) is 17.5. The van der Waals surface area contributed by atoms with Crippen LogP contribution in [0.3, 0.4) is 0 Å². The molecule has 44 heavy (non-hydrogen) atoms. The van der Waals surface area contributed by atoms with Crippen molar-refractivity contribution in [2.45, 2.75) is 110 Å². The molecular weight excluding hydrogens is 560 g/mol. The fourth-order valence-electron chi connectivity index (χ4n) is 4.64. The third kappa shape index (κ3) is 30.3. The summed E-state index contributed by atoms with van der Waals surface area (Å²) in [6, 6.07) is 9.69. The fourth-order valence-corrected chi connectivity index (χ4v) is 4.64. The highest BCUT2D eigenvalue weighted by atomic mass is 16.6. The maximum Gasteiger partial charge on any atom is 0.305 e. The van der Waals surface area contributed by atoms with Gasteiger partial charge in [-0.05, 0) is 18.6 Å². The van der Waals surface area contributed by atoms with Crippen LogP contribution < -0.4 is 4.74 Å². The molecule has 0 aromatic heterocycles. The van der Waals surface area contributed by atoms with Gasteiger partial charge in [0.05, 0.1) is 66.1 Å². The topological polar surface area (TPSA) is 81.7 Å². The molecule has 0 fully saturated rings. The third-order valence-electron chi connectivity index (χ3n) is 7.20. The molecule has 0 amide bonds. The quantitative estimate of drug-likeness (QED) is 0.0556. The molecule has 0 aliphatic carbocycles. The molecule has 0 saturated carbocycles. The Bertz CT molecular complexity index is 703. The van der Waals surface area contributed by atoms with Crippen molar-refractivity contribution in [3.63, 3.8) is 0 Å². The molecule has 0 atom stereocenters. The van der Waals surface area contributed by atoms with E-state index in [1.165, 1.54) is 83.5 Å². The molecule has 0 spiro atoms. The van der Waals surface area contributed by atoms with Crippen LogP contribution in [0.2, 0.25) is 0 Å². The number of unbranched alkanes of at least 4 members (excludes halogenated alkanes) is 14. The number of esters is 1. The van der Waals surface area contributed by atoms with Gasteiger partial charge in [-0.25, -0.2) is 0 Å². The highest BCUT2D eigenvalue weighted by Crippen LogP contribution is 2.14. The smallest absolute Gasteiger partial charge is 0.305 e. The van der Waals surface area contributed by atoms with E-state index >= 15 is 0 Å². The van der Waals surface area contributed by atoms with Crippen molar-refractivity contribution < 1.29 is 38.0 Å². The first kappa shape index (κ1) is 40.3. The average Bonchev–Trinajstić information content (AvgIpc) is 3.04. The fraction of sp³-hybridized carbons (Fsp3) is 0.806. The molecule has 8 nitrogen and oxygen atoms in total. The van der Waals surface area contributed by atoms with Gasteiger partial charge >= 0.3 is 5.97 Å². The lowest BCUT2D eigenvalue weighted by Gasteiger charge is -2.09. The van der Waals surface area contributed by atoms with Crippen molar-refractivity contribution in [3.05, 3.63) is 30.3 Å². The van der Waals surface area contributed by atoms with Gasteiger partial charge in [-0.15, -0.1) is 0 Å². The molecule has 8 heteroatoms. The number of hydrogen-bond acceptors (Lipinski definition) is 8. The van der Waals surface area contributed by atoms with Crippen molar-refractivity contribution in [2.75, 3.05) is 79.3 Å². The lowest BCUT2D eigenvalue weighted by Crippen LogP contribution is -2.15. The van der Waals surface area contributed by atoms with E-state index in [0.29, 0.717) is 85.7 Å². The zero-order valence-electron chi connectivity index (χ0n) is 28.0. The standard InChI is InChI=1S/C36H64O8/c1-2-3-4-5-6-7-8-9-10-11-12-13-14-15-19-22-36(37)44-34-32-42-30-28-40-26-24-38-23-25-39-27-29-41-31-33-43-35-20-17-16-18-21-35/h16-18,20-21H,2-15,19,22-34H2,1H3. The first-order valence-corrected chi connectivity index (χ1v) is 17.5. The Labute approximate surface area is 268 Å². The molecule has 1 aromatic carbocycles. The van der Waals surface area contributed by atoms with Crippen LogP contribution >= 0.6 is 0 Å². The van der Waals surface area contributed by atoms with Crippen LogP contribution in [0.1, 0.15) is 110 Å². The molecule has 0 N–H and O–H groups in total. The predicted molar refractivity (Wildman–Crippen MR) is 177 cm³/mol. The average molecular weight is 625 g/mol. The monoisotopic (exact) mass is 624 g/mol. The lowest BCUT2D eigenvalue weighted by atomic mass is 10.0. The number of benzene rings is 1. The van der Waals surface area contributed by atoms with Gasteiger partial charge in [0.1, 0.15) is 19.0 Å². The van der Waals surface area contributed by atoms with Crippen molar-refractivity contribution in [2.24, 2.45) is 0 Å². The van der Waals surface area contributed by atoms with E-state index in [0.717, 1.165) is 18.6 Å². The highest BCUT2D eigenvalue weighted by Gasteiger charge is 2.03. The Hall–Kier alpha value is -1.71. The van der Waals surface area contributed by atoms with E-state index in [9.17, 15) is 4.79 Å². The van der Waals surface area contributed by atoms with Gasteiger partial charge in [0.15, 0.2) is 0 Å². The molecular formula is C36H64O8. The van der Waals surface area contributed by atoms with Gasteiger partial charge in [-0.1, -0.05) is 115 Å². The Balaban J connectivity index is 1.67. The minimum absolute atomic E-state index is 0.123. The van der Waals surface area contributed by atoms with Crippen LogP contribution in [0.4, 0.5) is 0 Å². The van der Waals surface area contributed by atoms with Crippen LogP contribution in [0.25, 0.3) is 0 Å². The predicted octanol–water partition coefficient (Wildman–Crippen LogP) is 7.95. The number of rotatable bonds is 35. The maximum absolute atomic E-state index is 11.9. The second kappa shape index (κ2) is 34.2. The maximum atomic E-state index is 11.9. The Morgan fingerprint density at radius 2 is 0.818 bits per heavy atom. The molecule has 0 radical (unpaired) electrons. The lowest BCUT2D eigenvalue weighted by molar-refractivity contribution is -0.145. The zero-order chi connectivity index (χ0) is 31.4. The number of carbonyl (C=O) groups excluding carboxylic acids is 1. The molecule has 0 unspecified atom stereocenters. The van der Waals surface area contributed by atoms with Crippen LogP contribution in [0.15, 0.2) is 30.3 Å². The summed E-state index contributed by atoms with van der Waals surface area (Å²) in [5, 5.41) is 0. The van der Waals surface area contributed by atoms with Gasteiger partial charge in [0, 0.05) is 6.42 Å². The van der Waals surface area contributed by atoms with Gasteiger partial charge in [-0.3, -0.25) is 4.79 Å². The van der Waals surface area contributed by atoms with Crippen molar-refractivity contribution in [1.82, 2.24) is 0 Å². The Kier molecular flexibility index (Phi) is 31.3. The molecule has 0 bridgehead atoms. The van der Waals surface area contributed by atoms with E-state index in [1.807, 2.05) is 30.3 Å². The molecule has 1 aromatic rings. The second-order valence-corrected chi connectivity index (χ2v) is 11.1. The molecule has 1 rings (SSSR count). The highest BCUT2D eigenvalue weighted by molar-refractivity contribution is 5.69. The second-order valence-electron chi connectivity index (χ2n) is 11.1. The van der Waals surface area contributed by atoms with Crippen molar-refractivity contribution in [3.8, 4) is 5.75 Å². The molecule has 0 aliphatic heterocycles. The van der Waals surface area contributed by atoms with Gasteiger partial charge < -0.3 is 33.2 Å². The van der Waals surface area contributed by atoms with Crippen LogP contribution in [0.5, 0.6) is 5.75 Å². The van der Waals surface area contributed by atoms with Crippen molar-refractivity contribution >= 4 is 5.97 Å². The van der Waals surface area contributed by atoms with E-state index in [-0.39, 0.29) is 5.97 Å². The summed E-state index contributed by atoms with van der Waals surface area (Å²) in [5.74, 6) is 0.723. The SMILES string of the molecule is CCCCCCCCCCCCCCCCCC(=O)OCCOCCOCCOCCOCCOCCOc1ccccc1. The first-order chi connectivity index (χ1) is 21.8. The third-order valence-corrected chi connectivity index (χ3v) is 7.20. The number of ether oxygens (including phenoxy) is 7. The molecule has 0 aliphatic rings. The normalized spacial score (nSPS) is 11.2. The van der Waals surface area contributed by atoms with E-state index < -0.39 is 0 Å². The summed E-state index contributed by atoms with van der Waals surface area (Å²) in [4.78, 5) is 11.9. The van der Waals surface area contributed by atoms with Crippen LogP contribution in [-0.4, -0.2) is 85.3 Å². The Morgan fingerprint density at radius 3 is 1.25 bits per heavy atom. The van der Waals surface area contributed by atoms with Crippen LogP contribution in [-0.2, 0) is 33.2 Å². The summed E-state index contributed by atoms with van der Waals surface area (Å²) < 4.78 is 38.2. The number of para-hydroxylation sites is 1. The summed E-state index contributed by atoms with van der Waals surface area (Å²) in [6.45, 7) is 8.06. The summed E-state index contributed by atoms with van der Waals surface area (Å²) >= 11 is 0. The van der Waals surface area contributed by atoms with Gasteiger partial charge in [0.25, 0.3) is 0 Å². The molecule has 256 valence electrons. The largest absolute Gasteiger partial charge is 0.491 e. The molecule has 0 saturated heterocycles. The van der Waals surface area contributed by atoms with Crippen LogP contribution in [0, 0.1) is 0 Å². The van der Waals surface area contributed by atoms with E-state index in [2.05, 4.69) is 6.92 Å². The summed E-state index contributed by atoms with van der Waals surface area (Å²) in [5.41, 5.74) is 0. The van der Waals surface area contributed by atoms with E-state index in [1.54, 1.807) is 0 Å². The van der Waals surface area contributed by atoms with Crippen molar-refractivity contribution in [1.29, 1.82) is 0 Å². The molecule has 0 heterocycles. The number of carbonyl (C=O) groups is 1. The number of hydrogen-bond donors (Lipinski definition) is 0. The van der Waals surface area contributed by atoms with Gasteiger partial charge in [0.2, 0.25) is 0 Å². The van der Waals surface area contributed by atoms with Gasteiger partial charge in [-0.2, -0.15) is 0 Å². The summed E-state index contributed by atoms with van der Waals surface area (Å²) in [7, 11) is 0.